The Labute approximate surface area is 121 Å². The zero-order valence-corrected chi connectivity index (χ0v) is 12.1. The number of hydrogen-bond acceptors (Lipinski definition) is 3. The first-order chi connectivity index (χ1) is 9.58. The van der Waals surface area contributed by atoms with Crippen molar-refractivity contribution in [2.75, 3.05) is 13.1 Å². The Morgan fingerprint density at radius 3 is 3.00 bits per heavy atom. The molecule has 2 heterocycles. The number of halogens is 1. The fraction of sp³-hybridized carbons (Fsp3) is 0.400. The van der Waals surface area contributed by atoms with E-state index in [0.29, 0.717) is 17.3 Å². The third-order valence-electron chi connectivity index (χ3n) is 3.94. The van der Waals surface area contributed by atoms with Gasteiger partial charge in [0, 0.05) is 17.3 Å². The molecular weight excluding hydrogens is 275 g/mol. The van der Waals surface area contributed by atoms with Crippen LogP contribution in [0.2, 0.25) is 0 Å². The van der Waals surface area contributed by atoms with E-state index in [1.165, 1.54) is 23.5 Å². The average Bonchev–Trinajstić information content (AvgIpc) is 3.00. The van der Waals surface area contributed by atoms with Gasteiger partial charge in [-0.1, -0.05) is 0 Å². The predicted molar refractivity (Wildman–Crippen MR) is 79.4 cm³/mol. The van der Waals surface area contributed by atoms with Crippen LogP contribution in [0.15, 0.2) is 24.3 Å². The molecule has 3 rings (SSSR count). The molecule has 1 amide bonds. The lowest BCUT2D eigenvalue weighted by molar-refractivity contribution is 0.0748. The van der Waals surface area contributed by atoms with E-state index in [2.05, 4.69) is 6.92 Å². The molecule has 5 heteroatoms. The summed E-state index contributed by atoms with van der Waals surface area (Å²) >= 11 is 1.42. The van der Waals surface area contributed by atoms with Crippen LogP contribution in [0.25, 0.3) is 10.1 Å². The van der Waals surface area contributed by atoms with Gasteiger partial charge in [-0.3, -0.25) is 4.79 Å². The Balaban J connectivity index is 1.89. The van der Waals surface area contributed by atoms with Crippen molar-refractivity contribution in [2.24, 2.45) is 11.7 Å². The van der Waals surface area contributed by atoms with Crippen LogP contribution in [0.5, 0.6) is 0 Å². The molecule has 0 saturated carbocycles. The number of nitrogens with two attached hydrogens (primary N) is 1. The highest BCUT2D eigenvalue weighted by molar-refractivity contribution is 7.20. The Hall–Kier alpha value is -1.46. The summed E-state index contributed by atoms with van der Waals surface area (Å²) in [5.41, 5.74) is 5.70. The van der Waals surface area contributed by atoms with E-state index in [1.807, 2.05) is 4.90 Å². The molecule has 1 aliphatic rings. The Morgan fingerprint density at radius 1 is 1.50 bits per heavy atom. The number of amides is 1. The van der Waals surface area contributed by atoms with E-state index in [0.717, 1.165) is 23.1 Å². The number of carbonyl (C=O) groups excluding carboxylic acids is 1. The first-order valence-corrected chi connectivity index (χ1v) is 7.60. The molecule has 1 aliphatic heterocycles. The fourth-order valence-electron chi connectivity index (χ4n) is 2.86. The monoisotopic (exact) mass is 292 g/mol. The zero-order chi connectivity index (χ0) is 14.3. The molecule has 2 aromatic rings. The van der Waals surface area contributed by atoms with Crippen LogP contribution in [0.3, 0.4) is 0 Å². The van der Waals surface area contributed by atoms with Crippen LogP contribution in [-0.2, 0) is 0 Å². The minimum atomic E-state index is -0.271. The maximum Gasteiger partial charge on any atom is 0.264 e. The fourth-order valence-corrected chi connectivity index (χ4v) is 3.86. The molecule has 0 bridgehead atoms. The van der Waals surface area contributed by atoms with Gasteiger partial charge in [0.1, 0.15) is 5.82 Å². The lowest BCUT2D eigenvalue weighted by Gasteiger charge is -2.20. The van der Waals surface area contributed by atoms with Gasteiger partial charge in [-0.05, 0) is 55.5 Å². The highest BCUT2D eigenvalue weighted by atomic mass is 32.1. The van der Waals surface area contributed by atoms with Crippen molar-refractivity contribution in [3.8, 4) is 0 Å². The lowest BCUT2D eigenvalue weighted by atomic mass is 10.1. The second-order valence-electron chi connectivity index (χ2n) is 5.44. The molecule has 0 spiro atoms. The number of benzene rings is 1. The summed E-state index contributed by atoms with van der Waals surface area (Å²) in [6.45, 7) is 3.39. The molecule has 1 fully saturated rings. The molecule has 1 saturated heterocycles. The summed E-state index contributed by atoms with van der Waals surface area (Å²) in [6.07, 6.45) is 0.960. The van der Waals surface area contributed by atoms with Gasteiger partial charge in [-0.15, -0.1) is 11.3 Å². The second-order valence-corrected chi connectivity index (χ2v) is 6.52. The average molecular weight is 292 g/mol. The molecule has 106 valence electrons. The third kappa shape index (κ3) is 2.31. The molecule has 2 unspecified atom stereocenters. The van der Waals surface area contributed by atoms with Crippen LogP contribution in [-0.4, -0.2) is 29.9 Å². The molecule has 2 atom stereocenters. The highest BCUT2D eigenvalue weighted by Crippen LogP contribution is 2.30. The number of hydrogen-bond donors (Lipinski definition) is 1. The maximum absolute atomic E-state index is 13.2. The van der Waals surface area contributed by atoms with Crippen molar-refractivity contribution < 1.29 is 9.18 Å². The first kappa shape index (κ1) is 13.5. The van der Waals surface area contributed by atoms with E-state index in [-0.39, 0.29) is 17.8 Å². The maximum atomic E-state index is 13.2. The molecule has 1 aromatic carbocycles. The Kier molecular flexibility index (Phi) is 3.48. The van der Waals surface area contributed by atoms with Crippen LogP contribution >= 0.6 is 11.3 Å². The lowest BCUT2D eigenvalue weighted by Crippen LogP contribution is -2.33. The minimum Gasteiger partial charge on any atom is -0.335 e. The number of nitrogens with zero attached hydrogens (tertiary/aromatic N) is 1. The number of fused-ring (bicyclic) bond motifs is 1. The topological polar surface area (TPSA) is 46.3 Å². The van der Waals surface area contributed by atoms with E-state index in [1.54, 1.807) is 12.1 Å². The van der Waals surface area contributed by atoms with Gasteiger partial charge in [0.2, 0.25) is 0 Å². The van der Waals surface area contributed by atoms with Crippen molar-refractivity contribution in [3.63, 3.8) is 0 Å². The number of carbonyl (C=O) groups is 1. The first-order valence-electron chi connectivity index (χ1n) is 6.78. The van der Waals surface area contributed by atoms with E-state index < -0.39 is 0 Å². The van der Waals surface area contributed by atoms with Crippen molar-refractivity contribution in [1.82, 2.24) is 4.90 Å². The zero-order valence-electron chi connectivity index (χ0n) is 11.3. The second kappa shape index (κ2) is 5.14. The molecule has 1 aromatic heterocycles. The quantitative estimate of drug-likeness (QED) is 0.925. The number of rotatable bonds is 2. The SMILES string of the molecule is CC1CC(CN)CN1C(=O)c1cc2cc(F)ccc2s1. The van der Waals surface area contributed by atoms with Crippen molar-refractivity contribution >= 4 is 27.3 Å². The van der Waals surface area contributed by atoms with Crippen LogP contribution in [0, 0.1) is 11.7 Å². The molecule has 0 radical (unpaired) electrons. The van der Waals surface area contributed by atoms with Crippen molar-refractivity contribution in [2.45, 2.75) is 19.4 Å². The molecule has 20 heavy (non-hydrogen) atoms. The summed E-state index contributed by atoms with van der Waals surface area (Å²) in [4.78, 5) is 15.1. The van der Waals surface area contributed by atoms with Crippen LogP contribution in [0.4, 0.5) is 4.39 Å². The van der Waals surface area contributed by atoms with Gasteiger partial charge in [0.25, 0.3) is 5.91 Å². The number of thiophene rings is 1. The van der Waals surface area contributed by atoms with E-state index in [9.17, 15) is 9.18 Å². The summed E-state index contributed by atoms with van der Waals surface area (Å²) in [7, 11) is 0. The van der Waals surface area contributed by atoms with Gasteiger partial charge in [0.15, 0.2) is 0 Å². The van der Waals surface area contributed by atoms with Gasteiger partial charge < -0.3 is 10.6 Å². The van der Waals surface area contributed by atoms with Gasteiger partial charge >= 0.3 is 0 Å². The molecular formula is C15H17FN2OS. The standard InChI is InChI=1S/C15H17FN2OS/c1-9-4-10(7-17)8-18(9)15(19)14-6-11-5-12(16)2-3-13(11)20-14/h2-3,5-6,9-10H,4,7-8,17H2,1H3. The largest absolute Gasteiger partial charge is 0.335 e. The highest BCUT2D eigenvalue weighted by Gasteiger charge is 2.32. The normalized spacial score (nSPS) is 22.6. The van der Waals surface area contributed by atoms with E-state index in [4.69, 9.17) is 5.73 Å². The summed E-state index contributed by atoms with van der Waals surface area (Å²) in [5, 5.41) is 0.792. The molecule has 2 N–H and O–H groups in total. The van der Waals surface area contributed by atoms with Gasteiger partial charge in [-0.25, -0.2) is 4.39 Å². The minimum absolute atomic E-state index is 0.0371. The summed E-state index contributed by atoms with van der Waals surface area (Å²) in [5.74, 6) is 0.155. The van der Waals surface area contributed by atoms with Crippen molar-refractivity contribution in [3.05, 3.63) is 35.0 Å². The van der Waals surface area contributed by atoms with Gasteiger partial charge in [0.05, 0.1) is 4.88 Å². The third-order valence-corrected chi connectivity index (χ3v) is 5.05. The summed E-state index contributed by atoms with van der Waals surface area (Å²) in [6, 6.07) is 6.63. The van der Waals surface area contributed by atoms with E-state index >= 15 is 0 Å². The Bertz CT molecular complexity index is 654. The molecule has 3 nitrogen and oxygen atoms in total. The molecule has 0 aliphatic carbocycles. The van der Waals surface area contributed by atoms with Crippen LogP contribution < -0.4 is 5.73 Å². The summed E-state index contributed by atoms with van der Waals surface area (Å²) < 4.78 is 14.1. The van der Waals surface area contributed by atoms with Crippen LogP contribution in [0.1, 0.15) is 23.0 Å². The number of likely N-dealkylation sites (tertiary alicyclic amines) is 1. The Morgan fingerprint density at radius 2 is 2.30 bits per heavy atom. The predicted octanol–water partition coefficient (Wildman–Crippen LogP) is 2.85. The van der Waals surface area contributed by atoms with Crippen molar-refractivity contribution in [1.29, 1.82) is 0 Å². The van der Waals surface area contributed by atoms with Gasteiger partial charge in [-0.2, -0.15) is 0 Å². The smallest absolute Gasteiger partial charge is 0.264 e.